The molecule has 0 aromatic heterocycles. The standard InChI is InChI=1S/C15H27NO3Si/c1-15(2,3)20(5,6)19-13-9-7-8-12(17-4)14(13)18-11-10-16/h7-9H,10-11,16H2,1-6H3. The van der Waals surface area contributed by atoms with E-state index in [0.29, 0.717) is 24.7 Å². The molecule has 0 saturated heterocycles. The SMILES string of the molecule is COc1cccc(O[Si](C)(C)C(C)(C)C)c1OCCN. The van der Waals surface area contributed by atoms with Gasteiger partial charge in [-0.2, -0.15) is 0 Å². The Bertz CT molecular complexity index is 441. The average molecular weight is 297 g/mol. The van der Waals surface area contributed by atoms with Crippen LogP contribution in [0.15, 0.2) is 18.2 Å². The number of nitrogens with two attached hydrogens (primary N) is 1. The number of ether oxygens (including phenoxy) is 2. The van der Waals surface area contributed by atoms with E-state index in [4.69, 9.17) is 19.6 Å². The molecule has 0 bridgehead atoms. The first-order valence-corrected chi connectivity index (χ1v) is 9.82. The topological polar surface area (TPSA) is 53.7 Å². The lowest BCUT2D eigenvalue weighted by Crippen LogP contribution is -2.44. The molecule has 20 heavy (non-hydrogen) atoms. The smallest absolute Gasteiger partial charge is 0.250 e. The molecular formula is C15H27NO3Si. The fraction of sp³-hybridized carbons (Fsp3) is 0.600. The van der Waals surface area contributed by atoms with Crippen LogP contribution in [0.1, 0.15) is 20.8 Å². The minimum Gasteiger partial charge on any atom is -0.541 e. The summed E-state index contributed by atoms with van der Waals surface area (Å²) in [5.74, 6) is 2.06. The average Bonchev–Trinajstić information content (AvgIpc) is 2.35. The van der Waals surface area contributed by atoms with Gasteiger partial charge in [-0.05, 0) is 30.3 Å². The largest absolute Gasteiger partial charge is 0.541 e. The second-order valence-corrected chi connectivity index (χ2v) is 11.0. The first-order chi connectivity index (χ1) is 9.23. The number of para-hydroxylation sites is 1. The maximum Gasteiger partial charge on any atom is 0.250 e. The van der Waals surface area contributed by atoms with Gasteiger partial charge >= 0.3 is 0 Å². The molecule has 0 fully saturated rings. The highest BCUT2D eigenvalue weighted by atomic mass is 28.4. The van der Waals surface area contributed by atoms with Crippen molar-refractivity contribution < 1.29 is 13.9 Å². The van der Waals surface area contributed by atoms with Crippen molar-refractivity contribution in [2.45, 2.75) is 38.9 Å². The summed E-state index contributed by atoms with van der Waals surface area (Å²) in [5, 5.41) is 0.126. The van der Waals surface area contributed by atoms with Crippen molar-refractivity contribution in [3.8, 4) is 17.2 Å². The van der Waals surface area contributed by atoms with Crippen molar-refractivity contribution in [3.63, 3.8) is 0 Å². The molecule has 0 aliphatic carbocycles. The molecular weight excluding hydrogens is 270 g/mol. The molecule has 1 aromatic rings. The van der Waals surface area contributed by atoms with Crippen LogP contribution in [0.3, 0.4) is 0 Å². The molecule has 0 spiro atoms. The molecule has 0 saturated carbocycles. The van der Waals surface area contributed by atoms with Crippen LogP contribution in [0.2, 0.25) is 18.1 Å². The summed E-state index contributed by atoms with van der Waals surface area (Å²) >= 11 is 0. The predicted molar refractivity (Wildman–Crippen MR) is 85.4 cm³/mol. The quantitative estimate of drug-likeness (QED) is 0.817. The molecule has 0 atom stereocenters. The van der Waals surface area contributed by atoms with Crippen molar-refractivity contribution in [1.29, 1.82) is 0 Å². The lowest BCUT2D eigenvalue weighted by Gasteiger charge is -2.37. The van der Waals surface area contributed by atoms with Crippen molar-refractivity contribution in [2.24, 2.45) is 5.73 Å². The fourth-order valence-electron chi connectivity index (χ4n) is 1.47. The number of hydrogen-bond donors (Lipinski definition) is 1. The monoisotopic (exact) mass is 297 g/mol. The Morgan fingerprint density at radius 1 is 1.15 bits per heavy atom. The van der Waals surface area contributed by atoms with E-state index in [-0.39, 0.29) is 5.04 Å². The van der Waals surface area contributed by atoms with Gasteiger partial charge in [0.05, 0.1) is 7.11 Å². The molecule has 0 aliphatic rings. The van der Waals surface area contributed by atoms with E-state index >= 15 is 0 Å². The van der Waals surface area contributed by atoms with Crippen LogP contribution in [0.4, 0.5) is 0 Å². The van der Waals surface area contributed by atoms with E-state index in [1.165, 1.54) is 0 Å². The summed E-state index contributed by atoms with van der Waals surface area (Å²) in [6.45, 7) is 11.9. The molecule has 0 heterocycles. The zero-order chi connectivity index (χ0) is 15.4. The number of rotatable bonds is 6. The Hall–Kier alpha value is -1.20. The molecule has 0 radical (unpaired) electrons. The van der Waals surface area contributed by atoms with E-state index in [2.05, 4.69) is 33.9 Å². The van der Waals surface area contributed by atoms with Crippen LogP contribution in [0.5, 0.6) is 17.2 Å². The van der Waals surface area contributed by atoms with E-state index < -0.39 is 8.32 Å². The van der Waals surface area contributed by atoms with Crippen LogP contribution < -0.4 is 19.6 Å². The Labute approximate surface area is 123 Å². The molecule has 4 nitrogen and oxygen atoms in total. The van der Waals surface area contributed by atoms with Gasteiger partial charge < -0.3 is 19.6 Å². The van der Waals surface area contributed by atoms with E-state index in [0.717, 1.165) is 5.75 Å². The summed E-state index contributed by atoms with van der Waals surface area (Å²) in [6, 6.07) is 5.70. The molecule has 0 aliphatic heterocycles. The van der Waals surface area contributed by atoms with Gasteiger partial charge in [0, 0.05) is 6.54 Å². The Morgan fingerprint density at radius 2 is 1.75 bits per heavy atom. The highest BCUT2D eigenvalue weighted by molar-refractivity contribution is 6.74. The predicted octanol–water partition coefficient (Wildman–Crippen LogP) is 3.42. The summed E-state index contributed by atoms with van der Waals surface area (Å²) < 4.78 is 17.4. The van der Waals surface area contributed by atoms with Crippen LogP contribution in [0, 0.1) is 0 Å². The third kappa shape index (κ3) is 3.90. The van der Waals surface area contributed by atoms with Crippen molar-refractivity contribution in [1.82, 2.24) is 0 Å². The first-order valence-electron chi connectivity index (χ1n) is 6.92. The maximum absolute atomic E-state index is 6.33. The molecule has 0 amide bonds. The number of methoxy groups -OCH3 is 1. The van der Waals surface area contributed by atoms with Crippen LogP contribution in [0.25, 0.3) is 0 Å². The summed E-state index contributed by atoms with van der Waals surface area (Å²) in [6.07, 6.45) is 0. The van der Waals surface area contributed by atoms with Crippen molar-refractivity contribution >= 4 is 8.32 Å². The highest BCUT2D eigenvalue weighted by Gasteiger charge is 2.39. The van der Waals surface area contributed by atoms with Crippen LogP contribution >= 0.6 is 0 Å². The third-order valence-electron chi connectivity index (χ3n) is 3.70. The highest BCUT2D eigenvalue weighted by Crippen LogP contribution is 2.43. The van der Waals surface area contributed by atoms with Crippen molar-refractivity contribution in [2.75, 3.05) is 20.3 Å². The normalized spacial score (nSPS) is 12.2. The molecule has 0 unspecified atom stereocenters. The molecule has 5 heteroatoms. The first kappa shape index (κ1) is 16.9. The van der Waals surface area contributed by atoms with Gasteiger partial charge in [0.25, 0.3) is 8.32 Å². The van der Waals surface area contributed by atoms with Gasteiger partial charge in [-0.25, -0.2) is 0 Å². The van der Waals surface area contributed by atoms with Gasteiger partial charge in [0.15, 0.2) is 11.5 Å². The lowest BCUT2D eigenvalue weighted by molar-refractivity contribution is 0.291. The van der Waals surface area contributed by atoms with Gasteiger partial charge in [-0.1, -0.05) is 26.8 Å². The number of benzene rings is 1. The van der Waals surface area contributed by atoms with Gasteiger partial charge in [-0.15, -0.1) is 0 Å². The summed E-state index contributed by atoms with van der Waals surface area (Å²) in [5.41, 5.74) is 5.52. The molecule has 114 valence electrons. The molecule has 1 aromatic carbocycles. The number of hydrogen-bond acceptors (Lipinski definition) is 4. The minimum absolute atomic E-state index is 0.126. The van der Waals surface area contributed by atoms with E-state index in [9.17, 15) is 0 Å². The maximum atomic E-state index is 6.33. The van der Waals surface area contributed by atoms with Crippen molar-refractivity contribution in [3.05, 3.63) is 18.2 Å². The second kappa shape index (κ2) is 6.50. The zero-order valence-electron chi connectivity index (χ0n) is 13.4. The summed E-state index contributed by atoms with van der Waals surface area (Å²) in [7, 11) is -0.293. The van der Waals surface area contributed by atoms with Crippen LogP contribution in [-0.4, -0.2) is 28.6 Å². The van der Waals surface area contributed by atoms with Gasteiger partial charge in [0.2, 0.25) is 5.75 Å². The van der Waals surface area contributed by atoms with E-state index in [1.54, 1.807) is 7.11 Å². The Morgan fingerprint density at radius 3 is 2.25 bits per heavy atom. The minimum atomic E-state index is -1.92. The lowest BCUT2D eigenvalue weighted by atomic mass is 10.2. The fourth-order valence-corrected chi connectivity index (χ4v) is 2.48. The van der Waals surface area contributed by atoms with E-state index in [1.807, 2.05) is 18.2 Å². The van der Waals surface area contributed by atoms with Crippen LogP contribution in [-0.2, 0) is 0 Å². The third-order valence-corrected chi connectivity index (χ3v) is 8.04. The Kier molecular flexibility index (Phi) is 5.47. The second-order valence-electron chi connectivity index (χ2n) is 6.29. The molecule has 1 rings (SSSR count). The molecule has 2 N–H and O–H groups in total. The van der Waals surface area contributed by atoms with Gasteiger partial charge in [0.1, 0.15) is 6.61 Å². The Balaban J connectivity index is 3.11. The summed E-state index contributed by atoms with van der Waals surface area (Å²) in [4.78, 5) is 0. The zero-order valence-corrected chi connectivity index (χ0v) is 14.4. The van der Waals surface area contributed by atoms with Gasteiger partial charge in [-0.3, -0.25) is 0 Å².